The molecule has 0 spiro atoms. The number of ether oxygens (including phenoxy) is 1. The third-order valence-electron chi connectivity index (χ3n) is 5.73. The molecule has 0 radical (unpaired) electrons. The van der Waals surface area contributed by atoms with E-state index >= 15 is 0 Å². The standard InChI is InChI=1S/C25H21FN4O4S/c1-34-19(31)11-18-24(33)30-22(28)16(12-27)20(15-9-5-6-10-17(15)26)21(25(30)35-18)23(32)29-13-14-7-3-2-4-8-14/h2-10,18,20H,11,13,28H2,1H3,(H,29,32)/t18-,20-/m1/s1. The number of amides is 2. The first kappa shape index (κ1) is 24.0. The third kappa shape index (κ3) is 4.50. The first-order chi connectivity index (χ1) is 16.9. The number of nitrogens with one attached hydrogen (secondary N) is 1. The maximum Gasteiger partial charge on any atom is 0.307 e. The van der Waals surface area contributed by atoms with Gasteiger partial charge in [-0.25, -0.2) is 4.39 Å². The topological polar surface area (TPSA) is 126 Å². The summed E-state index contributed by atoms with van der Waals surface area (Å²) in [6.07, 6.45) is -0.252. The maximum absolute atomic E-state index is 14.9. The van der Waals surface area contributed by atoms with Gasteiger partial charge in [-0.2, -0.15) is 5.26 Å². The van der Waals surface area contributed by atoms with Crippen LogP contribution < -0.4 is 11.1 Å². The Hall–Kier alpha value is -4.10. The van der Waals surface area contributed by atoms with E-state index < -0.39 is 34.8 Å². The second-order valence-corrected chi connectivity index (χ2v) is 9.00. The number of halogens is 1. The predicted octanol–water partition coefficient (Wildman–Crippen LogP) is 2.65. The van der Waals surface area contributed by atoms with E-state index in [1.807, 2.05) is 36.4 Å². The molecule has 2 atom stereocenters. The molecule has 2 heterocycles. The molecule has 0 aliphatic carbocycles. The van der Waals surface area contributed by atoms with E-state index in [9.17, 15) is 24.0 Å². The summed E-state index contributed by atoms with van der Waals surface area (Å²) in [5.41, 5.74) is 7.03. The van der Waals surface area contributed by atoms with Crippen molar-refractivity contribution in [1.29, 1.82) is 5.26 Å². The van der Waals surface area contributed by atoms with Crippen LogP contribution in [0.3, 0.4) is 0 Å². The quantitative estimate of drug-likeness (QED) is 0.594. The van der Waals surface area contributed by atoms with Gasteiger partial charge in [-0.1, -0.05) is 60.3 Å². The number of thioether (sulfide) groups is 1. The summed E-state index contributed by atoms with van der Waals surface area (Å²) in [5, 5.41) is 12.0. The van der Waals surface area contributed by atoms with E-state index in [4.69, 9.17) is 5.73 Å². The van der Waals surface area contributed by atoms with Crippen molar-refractivity contribution >= 4 is 29.5 Å². The number of carbonyl (C=O) groups excluding carboxylic acids is 3. The molecule has 0 unspecified atom stereocenters. The minimum absolute atomic E-state index is 0.0162. The van der Waals surface area contributed by atoms with Crippen molar-refractivity contribution in [1.82, 2.24) is 10.2 Å². The third-order valence-corrected chi connectivity index (χ3v) is 7.01. The van der Waals surface area contributed by atoms with Crippen LogP contribution in [0.2, 0.25) is 0 Å². The molecule has 2 aliphatic rings. The first-order valence-electron chi connectivity index (χ1n) is 10.6. The van der Waals surface area contributed by atoms with Crippen molar-refractivity contribution < 1.29 is 23.5 Å². The van der Waals surface area contributed by atoms with Gasteiger partial charge in [0, 0.05) is 12.1 Å². The number of nitrogens with two attached hydrogens (primary N) is 1. The summed E-state index contributed by atoms with van der Waals surface area (Å²) in [6.45, 7) is 0.172. The molecule has 1 fully saturated rings. The van der Waals surface area contributed by atoms with Crippen LogP contribution in [0, 0.1) is 17.1 Å². The lowest BCUT2D eigenvalue weighted by Crippen LogP contribution is -2.40. The normalized spacial score (nSPS) is 19.3. The molecule has 0 aromatic heterocycles. The van der Waals surface area contributed by atoms with Crippen LogP contribution in [-0.4, -0.2) is 35.0 Å². The number of carbonyl (C=O) groups is 3. The molecule has 2 aromatic carbocycles. The molecular formula is C25H21FN4O4S. The van der Waals surface area contributed by atoms with Gasteiger partial charge in [-0.15, -0.1) is 0 Å². The summed E-state index contributed by atoms with van der Waals surface area (Å²) >= 11 is 0.973. The summed E-state index contributed by atoms with van der Waals surface area (Å²) in [7, 11) is 1.21. The van der Waals surface area contributed by atoms with Gasteiger partial charge in [0.05, 0.1) is 41.7 Å². The Morgan fingerprint density at radius 1 is 1.20 bits per heavy atom. The summed E-state index contributed by atoms with van der Waals surface area (Å²) in [6, 6.07) is 16.9. The van der Waals surface area contributed by atoms with Crippen molar-refractivity contribution in [3.63, 3.8) is 0 Å². The van der Waals surface area contributed by atoms with Crippen LogP contribution in [0.4, 0.5) is 4.39 Å². The van der Waals surface area contributed by atoms with Crippen LogP contribution in [0.1, 0.15) is 23.5 Å². The van der Waals surface area contributed by atoms with Gasteiger partial charge >= 0.3 is 5.97 Å². The highest BCUT2D eigenvalue weighted by Gasteiger charge is 2.49. The van der Waals surface area contributed by atoms with E-state index in [2.05, 4.69) is 10.1 Å². The van der Waals surface area contributed by atoms with Gasteiger partial charge in [-0.3, -0.25) is 19.3 Å². The number of benzene rings is 2. The molecule has 0 saturated carbocycles. The number of methoxy groups -OCH3 is 1. The predicted molar refractivity (Wildman–Crippen MR) is 126 cm³/mol. The highest BCUT2D eigenvalue weighted by molar-refractivity contribution is 8.04. The molecule has 10 heteroatoms. The van der Waals surface area contributed by atoms with Crippen molar-refractivity contribution in [2.45, 2.75) is 24.1 Å². The molecule has 2 aliphatic heterocycles. The van der Waals surface area contributed by atoms with Crippen molar-refractivity contribution in [3.05, 3.63) is 93.5 Å². The molecule has 8 nitrogen and oxygen atoms in total. The number of allylic oxidation sites excluding steroid dienone is 1. The average molecular weight is 493 g/mol. The van der Waals surface area contributed by atoms with Gasteiger partial charge < -0.3 is 15.8 Å². The summed E-state index contributed by atoms with van der Waals surface area (Å²) < 4.78 is 19.6. The van der Waals surface area contributed by atoms with Crippen LogP contribution >= 0.6 is 11.8 Å². The zero-order chi connectivity index (χ0) is 25.1. The van der Waals surface area contributed by atoms with Crippen molar-refractivity contribution in [2.75, 3.05) is 7.11 Å². The number of fused-ring (bicyclic) bond motifs is 1. The number of hydrogen-bond donors (Lipinski definition) is 2. The van der Waals surface area contributed by atoms with Crippen LogP contribution in [0.15, 0.2) is 76.6 Å². The molecule has 1 saturated heterocycles. The lowest BCUT2D eigenvalue weighted by Gasteiger charge is -2.32. The van der Waals surface area contributed by atoms with Gasteiger partial charge in [0.15, 0.2) is 0 Å². The monoisotopic (exact) mass is 492 g/mol. The fourth-order valence-electron chi connectivity index (χ4n) is 4.04. The average Bonchev–Trinajstić information content (AvgIpc) is 3.19. The van der Waals surface area contributed by atoms with E-state index in [1.54, 1.807) is 6.07 Å². The summed E-state index contributed by atoms with van der Waals surface area (Å²) in [5.74, 6) is -3.70. The van der Waals surface area contributed by atoms with Gasteiger partial charge in [0.2, 0.25) is 5.91 Å². The smallest absolute Gasteiger partial charge is 0.307 e. The van der Waals surface area contributed by atoms with E-state index in [-0.39, 0.29) is 40.5 Å². The number of rotatable bonds is 6. The Morgan fingerprint density at radius 3 is 2.54 bits per heavy atom. The molecule has 2 aromatic rings. The second-order valence-electron chi connectivity index (χ2n) is 7.81. The van der Waals surface area contributed by atoms with Crippen molar-refractivity contribution in [2.24, 2.45) is 5.73 Å². The van der Waals surface area contributed by atoms with E-state index in [0.29, 0.717) is 0 Å². The SMILES string of the molecule is COC(=O)C[C@H]1SC2=C(C(=O)NCc3ccccc3)[C@H](c3ccccc3F)C(C#N)=C(N)N2C1=O. The number of esters is 1. The molecule has 178 valence electrons. The molecule has 3 N–H and O–H groups in total. The fraction of sp³-hybridized carbons (Fsp3) is 0.200. The summed E-state index contributed by atoms with van der Waals surface area (Å²) in [4.78, 5) is 39.7. The zero-order valence-electron chi connectivity index (χ0n) is 18.7. The highest BCUT2D eigenvalue weighted by atomic mass is 32.2. The second kappa shape index (κ2) is 10.0. The van der Waals surface area contributed by atoms with E-state index in [0.717, 1.165) is 22.2 Å². The van der Waals surface area contributed by atoms with Gasteiger partial charge in [-0.05, 0) is 11.6 Å². The van der Waals surface area contributed by atoms with Crippen molar-refractivity contribution in [3.8, 4) is 6.07 Å². The fourth-order valence-corrected chi connectivity index (χ4v) is 5.36. The minimum atomic E-state index is -1.14. The van der Waals surface area contributed by atoms with E-state index in [1.165, 1.54) is 25.3 Å². The highest BCUT2D eigenvalue weighted by Crippen LogP contribution is 2.50. The first-order valence-corrected chi connectivity index (χ1v) is 11.5. The maximum atomic E-state index is 14.9. The molecule has 2 amide bonds. The molecule has 0 bridgehead atoms. The van der Waals surface area contributed by atoms with Gasteiger partial charge in [0.1, 0.15) is 16.9 Å². The van der Waals surface area contributed by atoms with Crippen LogP contribution in [0.5, 0.6) is 0 Å². The Labute approximate surface area is 205 Å². The lowest BCUT2D eigenvalue weighted by atomic mass is 9.82. The lowest BCUT2D eigenvalue weighted by molar-refractivity contribution is -0.142. The zero-order valence-corrected chi connectivity index (χ0v) is 19.5. The van der Waals surface area contributed by atoms with Crippen LogP contribution in [-0.2, 0) is 25.7 Å². The van der Waals surface area contributed by atoms with Crippen LogP contribution in [0.25, 0.3) is 0 Å². The number of nitrogens with zero attached hydrogens (tertiary/aromatic N) is 2. The largest absolute Gasteiger partial charge is 0.469 e. The number of nitriles is 1. The molecule has 4 rings (SSSR count). The molecular weight excluding hydrogens is 471 g/mol. The Balaban J connectivity index is 1.83. The van der Waals surface area contributed by atoms with Gasteiger partial charge in [0.25, 0.3) is 5.91 Å². The Bertz CT molecular complexity index is 1300. The Kier molecular flexibility index (Phi) is 6.89. The minimum Gasteiger partial charge on any atom is -0.469 e. The molecule has 35 heavy (non-hydrogen) atoms. The Morgan fingerprint density at radius 2 is 1.89 bits per heavy atom. The number of hydrogen-bond acceptors (Lipinski definition) is 7.